The number of thioether (sulfide) groups is 2. The number of rotatable bonds is 18. The summed E-state index contributed by atoms with van der Waals surface area (Å²) >= 11 is 17.6. The molecule has 0 aliphatic carbocycles. The van der Waals surface area contributed by atoms with Gasteiger partial charge >= 0.3 is 0 Å². The number of nitrogens with one attached hydrogen (secondary N) is 2. The molecule has 0 atom stereocenters. The van der Waals surface area contributed by atoms with Crippen molar-refractivity contribution in [2.24, 2.45) is 0 Å². The number of unbranched alkanes of at least 4 members (excludes halogenated alkanes) is 2. The van der Waals surface area contributed by atoms with Crippen LogP contribution in [0, 0.1) is 0 Å². The van der Waals surface area contributed by atoms with Crippen LogP contribution in [0.15, 0.2) is 119 Å². The Bertz CT molecular complexity index is 2950. The standard InChI is InChI=1S/C56H52Cl2N4O4S2/c1-3-5-31-65-37-17-13-35(14-18-37)51-41-21-25-45(59-41)55(53-39(57)9-7-11-49(53)67-33-29-63)47-27-23-43(61-47)52(36-15-19-38(20-16-36)66-32-6-4-2)44-24-28-48(62-44)56(46-26-22-42(51)60-46)54-40(58)10-8-12-50(54)68-34-30-64/h7-28,59,62-64H,3-6,29-34H2,1-2H3. The highest BCUT2D eigenvalue weighted by molar-refractivity contribution is 7.99. The molecule has 9 rings (SSSR count). The number of benzene rings is 4. The van der Waals surface area contributed by atoms with Crippen molar-refractivity contribution in [1.29, 1.82) is 0 Å². The van der Waals surface area contributed by atoms with Crippen molar-refractivity contribution in [3.05, 3.63) is 142 Å². The maximum Gasteiger partial charge on any atom is 0.119 e. The molecular formula is C56H52Cl2N4O4S2. The van der Waals surface area contributed by atoms with E-state index >= 15 is 0 Å². The Morgan fingerprint density at radius 3 is 1.21 bits per heavy atom. The van der Waals surface area contributed by atoms with Crippen molar-refractivity contribution in [2.75, 3.05) is 37.9 Å². The topological polar surface area (TPSA) is 116 Å². The third-order valence-corrected chi connectivity index (χ3v) is 14.4. The van der Waals surface area contributed by atoms with Gasteiger partial charge in [0.05, 0.1) is 49.2 Å². The first-order valence-electron chi connectivity index (χ1n) is 23.1. The van der Waals surface area contributed by atoms with E-state index in [-0.39, 0.29) is 13.2 Å². The molecule has 4 N–H and O–H groups in total. The van der Waals surface area contributed by atoms with Gasteiger partial charge in [-0.15, -0.1) is 23.5 Å². The molecule has 4 aromatic carbocycles. The minimum atomic E-state index is 0.0179. The minimum absolute atomic E-state index is 0.0179. The van der Waals surface area contributed by atoms with Gasteiger partial charge in [0, 0.05) is 86.8 Å². The number of aliphatic hydroxyl groups excluding tert-OH is 2. The Hall–Kier alpha value is -5.72. The molecule has 3 aromatic heterocycles. The zero-order chi connectivity index (χ0) is 47.0. The van der Waals surface area contributed by atoms with Crippen LogP contribution in [-0.4, -0.2) is 68.1 Å². The summed E-state index contributed by atoms with van der Waals surface area (Å²) in [5.41, 5.74) is 13.2. The number of aliphatic hydroxyl groups is 2. The molecule has 346 valence electrons. The van der Waals surface area contributed by atoms with Crippen LogP contribution in [-0.2, 0) is 0 Å². The quantitative estimate of drug-likeness (QED) is 0.0496. The Kier molecular flexibility index (Phi) is 15.4. The fourth-order valence-corrected chi connectivity index (χ4v) is 10.8. The molecule has 0 fully saturated rings. The zero-order valence-electron chi connectivity index (χ0n) is 38.0. The molecule has 0 saturated heterocycles. The lowest BCUT2D eigenvalue weighted by Crippen LogP contribution is -1.96. The normalized spacial score (nSPS) is 12.0. The van der Waals surface area contributed by atoms with Crippen molar-refractivity contribution in [3.8, 4) is 56.0 Å². The van der Waals surface area contributed by atoms with E-state index in [0.29, 0.717) is 34.8 Å². The minimum Gasteiger partial charge on any atom is -0.494 e. The first kappa shape index (κ1) is 47.4. The molecular weight excluding hydrogens is 928 g/mol. The van der Waals surface area contributed by atoms with Crippen LogP contribution < -0.4 is 9.47 Å². The Morgan fingerprint density at radius 1 is 0.471 bits per heavy atom. The van der Waals surface area contributed by atoms with Crippen LogP contribution >= 0.6 is 46.7 Å². The van der Waals surface area contributed by atoms with Crippen LogP contribution in [0.4, 0.5) is 0 Å². The molecule has 12 heteroatoms. The van der Waals surface area contributed by atoms with Gasteiger partial charge in [-0.2, -0.15) is 0 Å². The number of nitrogens with zero attached hydrogens (tertiary/aromatic N) is 2. The molecule has 5 heterocycles. The molecule has 0 amide bonds. The number of hydrogen-bond acceptors (Lipinski definition) is 8. The van der Waals surface area contributed by atoms with Crippen molar-refractivity contribution in [1.82, 2.24) is 19.9 Å². The summed E-state index contributed by atoms with van der Waals surface area (Å²) in [7, 11) is 0. The summed E-state index contributed by atoms with van der Waals surface area (Å²) in [5.74, 6) is 2.60. The number of hydrogen-bond donors (Lipinski definition) is 4. The van der Waals surface area contributed by atoms with Crippen LogP contribution in [0.3, 0.4) is 0 Å². The maximum atomic E-state index is 9.97. The average molecular weight is 980 g/mol. The predicted molar refractivity (Wildman–Crippen MR) is 287 cm³/mol. The molecule has 2 aliphatic heterocycles. The van der Waals surface area contributed by atoms with E-state index in [9.17, 15) is 10.2 Å². The van der Waals surface area contributed by atoms with E-state index in [4.69, 9.17) is 42.6 Å². The van der Waals surface area contributed by atoms with Gasteiger partial charge in [0.25, 0.3) is 0 Å². The summed E-state index contributed by atoms with van der Waals surface area (Å²) in [6.45, 7) is 5.64. The van der Waals surface area contributed by atoms with E-state index < -0.39 is 0 Å². The van der Waals surface area contributed by atoms with E-state index in [2.05, 4.69) is 96.7 Å². The van der Waals surface area contributed by atoms with Crippen molar-refractivity contribution < 1.29 is 19.7 Å². The first-order valence-corrected chi connectivity index (χ1v) is 25.8. The summed E-state index contributed by atoms with van der Waals surface area (Å²) in [4.78, 5) is 20.5. The monoisotopic (exact) mass is 978 g/mol. The lowest BCUT2D eigenvalue weighted by atomic mass is 10.0. The molecule has 7 aromatic rings. The van der Waals surface area contributed by atoms with Gasteiger partial charge in [-0.3, -0.25) is 0 Å². The van der Waals surface area contributed by atoms with Crippen molar-refractivity contribution in [3.63, 3.8) is 0 Å². The molecule has 0 unspecified atom stereocenters. The van der Waals surface area contributed by atoms with Gasteiger partial charge in [0.1, 0.15) is 11.5 Å². The average Bonchev–Trinajstić information content (AvgIpc) is 4.21. The van der Waals surface area contributed by atoms with E-state index in [0.717, 1.165) is 136 Å². The van der Waals surface area contributed by atoms with Crippen LogP contribution in [0.5, 0.6) is 11.5 Å². The molecule has 0 saturated carbocycles. The lowest BCUT2D eigenvalue weighted by Gasteiger charge is -2.13. The highest BCUT2D eigenvalue weighted by atomic mass is 35.5. The van der Waals surface area contributed by atoms with E-state index in [1.165, 1.54) is 0 Å². The fraction of sp³-hybridized carbons (Fsp3) is 0.214. The highest BCUT2D eigenvalue weighted by Crippen LogP contribution is 2.45. The number of fused-ring (bicyclic) bond motifs is 8. The molecule has 8 nitrogen and oxygen atoms in total. The first-order chi connectivity index (χ1) is 33.4. The van der Waals surface area contributed by atoms with E-state index in [1.54, 1.807) is 23.5 Å². The number of aromatic amines is 2. The third kappa shape index (κ3) is 10.2. The van der Waals surface area contributed by atoms with Gasteiger partial charge in [-0.1, -0.05) is 86.3 Å². The van der Waals surface area contributed by atoms with Gasteiger partial charge in [-0.05, 0) is 121 Å². The molecule has 0 spiro atoms. The number of aromatic nitrogens is 4. The predicted octanol–water partition coefficient (Wildman–Crippen LogP) is 15.2. The van der Waals surface area contributed by atoms with Crippen molar-refractivity contribution in [2.45, 2.75) is 49.3 Å². The Morgan fingerprint density at radius 2 is 0.838 bits per heavy atom. The van der Waals surface area contributed by atoms with E-state index in [1.807, 2.05) is 60.7 Å². The second-order valence-electron chi connectivity index (χ2n) is 16.3. The smallest absolute Gasteiger partial charge is 0.119 e. The van der Waals surface area contributed by atoms with Crippen LogP contribution in [0.2, 0.25) is 10.0 Å². The summed E-state index contributed by atoms with van der Waals surface area (Å²) in [6.07, 6.45) is 12.3. The molecule has 68 heavy (non-hydrogen) atoms. The summed E-state index contributed by atoms with van der Waals surface area (Å²) in [5, 5.41) is 21.1. The Labute approximate surface area is 415 Å². The number of ether oxygens (including phenoxy) is 2. The Balaban J connectivity index is 1.41. The number of halogens is 2. The maximum absolute atomic E-state index is 9.97. The third-order valence-electron chi connectivity index (χ3n) is 11.7. The molecule has 0 radical (unpaired) electrons. The second-order valence-corrected chi connectivity index (χ2v) is 19.4. The largest absolute Gasteiger partial charge is 0.494 e. The van der Waals surface area contributed by atoms with Crippen molar-refractivity contribution >= 4 is 93.1 Å². The van der Waals surface area contributed by atoms with Gasteiger partial charge in [0.2, 0.25) is 0 Å². The van der Waals surface area contributed by atoms with Gasteiger partial charge in [0.15, 0.2) is 0 Å². The summed E-state index contributed by atoms with van der Waals surface area (Å²) < 4.78 is 12.2. The molecule has 8 bridgehead atoms. The lowest BCUT2D eigenvalue weighted by molar-refractivity contribution is 0.309. The zero-order valence-corrected chi connectivity index (χ0v) is 41.1. The fourth-order valence-electron chi connectivity index (χ4n) is 8.49. The van der Waals surface area contributed by atoms with Crippen LogP contribution in [0.25, 0.3) is 90.9 Å². The molecule has 2 aliphatic rings. The number of H-pyrrole nitrogens is 2. The SMILES string of the molecule is CCCCOc1ccc(-c2c3nc(c(-c4c(Cl)cccc4SCCO)c4ccc([nH]4)c(-c4ccc(OCCCC)cc4)c4nc(c(-c5c(Cl)cccc5SCCO)c5ccc2[nH]5)C=C4)C=C3)cc1. The summed E-state index contributed by atoms with van der Waals surface area (Å²) in [6, 6.07) is 36.5. The van der Waals surface area contributed by atoms with Gasteiger partial charge < -0.3 is 29.7 Å². The highest BCUT2D eigenvalue weighted by Gasteiger charge is 2.23. The van der Waals surface area contributed by atoms with Crippen LogP contribution in [0.1, 0.15) is 62.3 Å². The second kappa shape index (κ2) is 22.1. The van der Waals surface area contributed by atoms with Gasteiger partial charge in [-0.25, -0.2) is 9.97 Å².